The summed E-state index contributed by atoms with van der Waals surface area (Å²) < 4.78 is 37.3. The van der Waals surface area contributed by atoms with Crippen LogP contribution in [0.4, 0.5) is 0 Å². The summed E-state index contributed by atoms with van der Waals surface area (Å²) >= 11 is 0. The Hall–Kier alpha value is -3.05. The fourth-order valence-electron chi connectivity index (χ4n) is 2.25. The molecule has 3 N–H and O–H groups in total. The number of benzene rings is 1. The molecule has 0 atom stereocenters. The second-order valence-electron chi connectivity index (χ2n) is 5.36. The third-order valence-corrected chi connectivity index (χ3v) is 5.11. The first-order valence-corrected chi connectivity index (χ1v) is 9.14. The van der Waals surface area contributed by atoms with Gasteiger partial charge in [-0.15, -0.1) is 0 Å². The summed E-state index contributed by atoms with van der Waals surface area (Å²) in [5.41, 5.74) is 4.79. The van der Waals surface area contributed by atoms with Crippen molar-refractivity contribution in [2.75, 3.05) is 21.3 Å². The molecule has 0 radical (unpaired) electrons. The number of carbonyl (C=O) groups is 2. The molecule has 0 unspecified atom stereocenters. The maximum absolute atomic E-state index is 12.2. The largest absolute Gasteiger partial charge is 0.493 e. The highest BCUT2D eigenvalue weighted by Crippen LogP contribution is 2.27. The molecule has 0 aliphatic rings. The van der Waals surface area contributed by atoms with Crippen LogP contribution >= 0.6 is 0 Å². The molecule has 0 spiro atoms. The van der Waals surface area contributed by atoms with E-state index < -0.39 is 21.8 Å². The van der Waals surface area contributed by atoms with Gasteiger partial charge in [0.25, 0.3) is 11.8 Å². The molecule has 2 aromatic rings. The lowest BCUT2D eigenvalue weighted by atomic mass is 10.2. The van der Waals surface area contributed by atoms with Crippen LogP contribution in [0.3, 0.4) is 0 Å². The number of hydrazine groups is 1. The molecule has 10 nitrogen and oxygen atoms in total. The number of amides is 2. The SMILES string of the molecule is CNS(=O)(=O)c1cc(C(=O)NNC(=O)c2ccc(OC)c(OC)c2)n(C)c1. The fraction of sp³-hybridized carbons (Fsp3) is 0.250. The molecule has 1 heterocycles. The van der Waals surface area contributed by atoms with Crippen LogP contribution in [0, 0.1) is 0 Å². The van der Waals surface area contributed by atoms with Gasteiger partial charge in [-0.1, -0.05) is 0 Å². The van der Waals surface area contributed by atoms with Gasteiger partial charge in [-0.3, -0.25) is 20.4 Å². The van der Waals surface area contributed by atoms with E-state index in [0.717, 1.165) is 0 Å². The van der Waals surface area contributed by atoms with Crippen LogP contribution in [0.25, 0.3) is 0 Å². The Kier molecular flexibility index (Phi) is 6.08. The Balaban J connectivity index is 2.11. The van der Waals surface area contributed by atoms with Crippen LogP contribution in [0.1, 0.15) is 20.8 Å². The Morgan fingerprint density at radius 3 is 2.22 bits per heavy atom. The van der Waals surface area contributed by atoms with Crippen molar-refractivity contribution in [1.82, 2.24) is 20.1 Å². The number of carbonyl (C=O) groups excluding carboxylic acids is 2. The van der Waals surface area contributed by atoms with E-state index >= 15 is 0 Å². The molecule has 27 heavy (non-hydrogen) atoms. The zero-order chi connectivity index (χ0) is 20.2. The third-order valence-electron chi connectivity index (χ3n) is 3.73. The third kappa shape index (κ3) is 4.38. The molecule has 1 aromatic carbocycles. The zero-order valence-electron chi connectivity index (χ0n) is 15.2. The highest BCUT2D eigenvalue weighted by molar-refractivity contribution is 7.89. The number of aryl methyl sites for hydroxylation is 1. The van der Waals surface area contributed by atoms with Crippen LogP contribution in [0.2, 0.25) is 0 Å². The Labute approximate surface area is 156 Å². The highest BCUT2D eigenvalue weighted by atomic mass is 32.2. The number of sulfonamides is 1. The first kappa shape index (κ1) is 20.3. The van der Waals surface area contributed by atoms with Crippen molar-refractivity contribution in [2.45, 2.75) is 4.90 Å². The van der Waals surface area contributed by atoms with Crippen LogP contribution in [0.5, 0.6) is 11.5 Å². The maximum atomic E-state index is 12.2. The number of nitrogens with one attached hydrogen (secondary N) is 3. The van der Waals surface area contributed by atoms with E-state index in [1.54, 1.807) is 6.07 Å². The molecule has 2 rings (SSSR count). The van der Waals surface area contributed by atoms with Gasteiger partial charge in [-0.05, 0) is 31.3 Å². The average molecular weight is 396 g/mol. The van der Waals surface area contributed by atoms with E-state index in [-0.39, 0.29) is 16.2 Å². The topological polar surface area (TPSA) is 128 Å². The van der Waals surface area contributed by atoms with Crippen molar-refractivity contribution in [1.29, 1.82) is 0 Å². The first-order chi connectivity index (χ1) is 12.7. The van der Waals surface area contributed by atoms with Gasteiger partial charge in [0.1, 0.15) is 10.6 Å². The van der Waals surface area contributed by atoms with Crippen LogP contribution in [-0.4, -0.2) is 46.1 Å². The molecule has 11 heteroatoms. The number of ether oxygens (including phenoxy) is 2. The van der Waals surface area contributed by atoms with E-state index in [1.165, 1.54) is 57.3 Å². The van der Waals surface area contributed by atoms with Gasteiger partial charge in [-0.2, -0.15) is 0 Å². The van der Waals surface area contributed by atoms with Gasteiger partial charge in [-0.25, -0.2) is 13.1 Å². The summed E-state index contributed by atoms with van der Waals surface area (Å²) in [6.07, 6.45) is 1.29. The summed E-state index contributed by atoms with van der Waals surface area (Å²) in [4.78, 5) is 24.4. The van der Waals surface area contributed by atoms with Crippen molar-refractivity contribution in [3.63, 3.8) is 0 Å². The van der Waals surface area contributed by atoms with Gasteiger partial charge >= 0.3 is 0 Å². The van der Waals surface area contributed by atoms with E-state index in [2.05, 4.69) is 15.6 Å². The predicted molar refractivity (Wildman–Crippen MR) is 96.1 cm³/mol. The molecular formula is C16H20N4O6S. The number of nitrogens with zero attached hydrogens (tertiary/aromatic N) is 1. The average Bonchev–Trinajstić information content (AvgIpc) is 3.07. The Morgan fingerprint density at radius 1 is 1.00 bits per heavy atom. The number of aromatic nitrogens is 1. The Morgan fingerprint density at radius 2 is 1.63 bits per heavy atom. The fourth-order valence-corrected chi connectivity index (χ4v) is 3.05. The quantitative estimate of drug-likeness (QED) is 0.591. The maximum Gasteiger partial charge on any atom is 0.286 e. The smallest absolute Gasteiger partial charge is 0.286 e. The van der Waals surface area contributed by atoms with Crippen molar-refractivity contribution < 1.29 is 27.5 Å². The molecule has 1 aromatic heterocycles. The monoisotopic (exact) mass is 396 g/mol. The molecule has 0 fully saturated rings. The van der Waals surface area contributed by atoms with Crippen molar-refractivity contribution in [2.24, 2.45) is 7.05 Å². The van der Waals surface area contributed by atoms with E-state index in [9.17, 15) is 18.0 Å². The van der Waals surface area contributed by atoms with Gasteiger partial charge in [0.2, 0.25) is 10.0 Å². The molecule has 2 amide bonds. The van der Waals surface area contributed by atoms with E-state index in [4.69, 9.17) is 9.47 Å². The highest BCUT2D eigenvalue weighted by Gasteiger charge is 2.20. The second kappa shape index (κ2) is 8.10. The molecule has 0 aliphatic carbocycles. The van der Waals surface area contributed by atoms with Crippen molar-refractivity contribution in [3.8, 4) is 11.5 Å². The van der Waals surface area contributed by atoms with Crippen LogP contribution < -0.4 is 25.0 Å². The molecule has 0 bridgehead atoms. The van der Waals surface area contributed by atoms with Crippen molar-refractivity contribution >= 4 is 21.8 Å². The summed E-state index contributed by atoms with van der Waals surface area (Å²) in [7, 11) is 2.01. The first-order valence-electron chi connectivity index (χ1n) is 7.66. The van der Waals surface area contributed by atoms with Crippen molar-refractivity contribution in [3.05, 3.63) is 41.7 Å². The Bertz CT molecular complexity index is 967. The lowest BCUT2D eigenvalue weighted by molar-refractivity contribution is 0.0842. The minimum atomic E-state index is -3.69. The summed E-state index contributed by atoms with van der Waals surface area (Å²) in [5, 5.41) is 0. The molecule has 0 saturated heterocycles. The van der Waals surface area contributed by atoms with Gasteiger partial charge in [0.05, 0.1) is 14.2 Å². The van der Waals surface area contributed by atoms with Gasteiger partial charge in [0.15, 0.2) is 11.5 Å². The van der Waals surface area contributed by atoms with Crippen LogP contribution in [-0.2, 0) is 17.1 Å². The number of hydrogen-bond donors (Lipinski definition) is 3. The van der Waals surface area contributed by atoms with Gasteiger partial charge < -0.3 is 14.0 Å². The molecule has 0 saturated carbocycles. The van der Waals surface area contributed by atoms with Gasteiger partial charge in [0, 0.05) is 18.8 Å². The lowest BCUT2D eigenvalue weighted by Gasteiger charge is -2.11. The van der Waals surface area contributed by atoms with E-state index in [1.807, 2.05) is 0 Å². The molecule has 146 valence electrons. The summed E-state index contributed by atoms with van der Waals surface area (Å²) in [5.74, 6) is -0.438. The normalized spacial score (nSPS) is 11.0. The second-order valence-corrected chi connectivity index (χ2v) is 7.24. The standard InChI is InChI=1S/C16H20N4O6S/c1-17-27(23,24)11-8-12(20(2)9-11)16(22)19-18-15(21)10-5-6-13(25-3)14(7-10)26-4/h5-9,17H,1-4H3,(H,18,21)(H,19,22). The summed E-state index contributed by atoms with van der Waals surface area (Å²) in [6, 6.07) is 5.72. The molecular weight excluding hydrogens is 376 g/mol. The lowest BCUT2D eigenvalue weighted by Crippen LogP contribution is -2.42. The minimum Gasteiger partial charge on any atom is -0.493 e. The summed E-state index contributed by atoms with van der Waals surface area (Å²) in [6.45, 7) is 0. The zero-order valence-corrected chi connectivity index (χ0v) is 16.0. The number of hydrogen-bond acceptors (Lipinski definition) is 6. The minimum absolute atomic E-state index is 0.0523. The predicted octanol–water partition coefficient (Wildman–Crippen LogP) is 0.0252. The number of rotatable bonds is 6. The molecule has 0 aliphatic heterocycles. The van der Waals surface area contributed by atoms with Crippen LogP contribution in [0.15, 0.2) is 35.4 Å². The number of methoxy groups -OCH3 is 2. The van der Waals surface area contributed by atoms with E-state index in [0.29, 0.717) is 11.5 Å².